The number of carbonyl (C=O) groups excluding carboxylic acids is 2. The van der Waals surface area contributed by atoms with Crippen LogP contribution in [0.3, 0.4) is 0 Å². The molecule has 0 bridgehead atoms. The molecule has 0 aromatic heterocycles. The zero-order valence-corrected chi connectivity index (χ0v) is 10.7. The second-order valence-electron chi connectivity index (χ2n) is 3.45. The molecule has 74 valence electrons. The summed E-state index contributed by atoms with van der Waals surface area (Å²) in [5.74, 6) is -0.199. The van der Waals surface area contributed by atoms with Crippen molar-refractivity contribution in [3.05, 3.63) is 0 Å². The number of hydrogen-bond acceptors (Lipinski definition) is 2. The zero-order chi connectivity index (χ0) is 10.4. The Morgan fingerprint density at radius 1 is 1.31 bits per heavy atom. The number of urea groups is 1. The fraction of sp³-hybridized carbons (Fsp3) is 0.714. The molecule has 0 radical (unpaired) electrons. The fourth-order valence-corrected chi connectivity index (χ4v) is 2.57. The largest absolute Gasteiger partial charge is 0.348 e. The van der Waals surface area contributed by atoms with Crippen LogP contribution in [-0.2, 0) is 4.79 Å². The van der Waals surface area contributed by atoms with Gasteiger partial charge in [-0.05, 0) is 12.8 Å². The van der Waals surface area contributed by atoms with E-state index in [2.05, 4.69) is 32.3 Å². The van der Waals surface area contributed by atoms with Crippen molar-refractivity contribution >= 4 is 44.2 Å². The van der Waals surface area contributed by atoms with Crippen LogP contribution >= 0.6 is 32.3 Å². The molecule has 1 unspecified atom stereocenters. The molecule has 1 rings (SSSR count). The third-order valence-corrected chi connectivity index (χ3v) is 4.14. The van der Waals surface area contributed by atoms with Gasteiger partial charge in [0.05, 0.1) is 32.3 Å². The standard InChI is InChI=1S/C7H10Br2N2O2/c1-4(2)7(3)5(12)10(8)6(13)11(7)9/h4H,1-3H3. The lowest BCUT2D eigenvalue weighted by atomic mass is 9.89. The second kappa shape index (κ2) is 3.24. The van der Waals surface area contributed by atoms with E-state index in [1.54, 1.807) is 6.92 Å². The van der Waals surface area contributed by atoms with Gasteiger partial charge in [-0.15, -0.1) is 0 Å². The molecule has 0 spiro atoms. The van der Waals surface area contributed by atoms with E-state index >= 15 is 0 Å². The minimum atomic E-state index is -0.805. The molecule has 1 saturated heterocycles. The van der Waals surface area contributed by atoms with Gasteiger partial charge >= 0.3 is 6.03 Å². The number of carbonyl (C=O) groups is 2. The number of imide groups is 1. The second-order valence-corrected chi connectivity index (χ2v) is 4.87. The predicted molar refractivity (Wildman–Crippen MR) is 55.2 cm³/mol. The Labute approximate surface area is 93.9 Å². The molecule has 1 fully saturated rings. The van der Waals surface area contributed by atoms with Gasteiger partial charge in [0.25, 0.3) is 5.91 Å². The molecule has 0 saturated carbocycles. The Kier molecular flexibility index (Phi) is 2.73. The topological polar surface area (TPSA) is 40.6 Å². The van der Waals surface area contributed by atoms with E-state index < -0.39 is 5.54 Å². The number of halogens is 2. The van der Waals surface area contributed by atoms with Gasteiger partial charge < -0.3 is 0 Å². The van der Waals surface area contributed by atoms with Crippen LogP contribution in [0.15, 0.2) is 0 Å². The highest BCUT2D eigenvalue weighted by molar-refractivity contribution is 9.08. The van der Waals surface area contributed by atoms with E-state index in [0.29, 0.717) is 0 Å². The quantitative estimate of drug-likeness (QED) is 0.550. The molecule has 0 aromatic carbocycles. The van der Waals surface area contributed by atoms with Crippen LogP contribution in [0.25, 0.3) is 0 Å². The molecule has 0 aliphatic carbocycles. The van der Waals surface area contributed by atoms with Gasteiger partial charge in [0.15, 0.2) is 0 Å². The minimum Gasteiger partial charge on any atom is -0.271 e. The SMILES string of the molecule is CC(C)C1(C)C(=O)N(Br)C(=O)N1Br. The number of amides is 3. The Morgan fingerprint density at radius 3 is 1.92 bits per heavy atom. The summed E-state index contributed by atoms with van der Waals surface area (Å²) in [7, 11) is 0. The van der Waals surface area contributed by atoms with Gasteiger partial charge in [0, 0.05) is 0 Å². The summed E-state index contributed by atoms with van der Waals surface area (Å²) in [4.78, 5) is 23.0. The van der Waals surface area contributed by atoms with E-state index in [1.807, 2.05) is 13.8 Å². The average Bonchev–Trinajstić information content (AvgIpc) is 2.22. The summed E-state index contributed by atoms with van der Waals surface area (Å²) in [6.45, 7) is 5.52. The third-order valence-electron chi connectivity index (χ3n) is 2.48. The first kappa shape index (κ1) is 11.0. The first-order chi connectivity index (χ1) is 5.83. The van der Waals surface area contributed by atoms with Crippen molar-refractivity contribution in [3.63, 3.8) is 0 Å². The molecular formula is C7H10Br2N2O2. The Hall–Kier alpha value is -0.100. The average molecular weight is 314 g/mol. The van der Waals surface area contributed by atoms with Gasteiger partial charge in [-0.1, -0.05) is 13.8 Å². The lowest BCUT2D eigenvalue weighted by Gasteiger charge is -2.29. The highest BCUT2D eigenvalue weighted by Crippen LogP contribution is 2.37. The molecule has 1 aliphatic heterocycles. The maximum Gasteiger partial charge on any atom is 0.348 e. The molecule has 1 atom stereocenters. The maximum atomic E-state index is 11.7. The molecule has 3 amide bonds. The number of hydrogen-bond donors (Lipinski definition) is 0. The highest BCUT2D eigenvalue weighted by Gasteiger charge is 2.55. The summed E-state index contributed by atoms with van der Waals surface area (Å²) in [5.41, 5.74) is -0.805. The van der Waals surface area contributed by atoms with Crippen molar-refractivity contribution in [1.29, 1.82) is 0 Å². The Morgan fingerprint density at radius 2 is 1.77 bits per heavy atom. The summed E-state index contributed by atoms with van der Waals surface area (Å²) >= 11 is 6.01. The Bertz CT molecular complexity index is 269. The molecule has 0 aromatic rings. The monoisotopic (exact) mass is 312 g/mol. The maximum absolute atomic E-state index is 11.7. The molecule has 1 heterocycles. The van der Waals surface area contributed by atoms with Gasteiger partial charge in [0.2, 0.25) is 0 Å². The summed E-state index contributed by atoms with van der Waals surface area (Å²) in [6, 6.07) is -0.388. The number of rotatable bonds is 1. The van der Waals surface area contributed by atoms with Gasteiger partial charge in [-0.2, -0.15) is 3.93 Å². The van der Waals surface area contributed by atoms with Crippen molar-refractivity contribution < 1.29 is 9.59 Å². The summed E-state index contributed by atoms with van der Waals surface area (Å²) in [5, 5.41) is 0. The molecule has 1 aliphatic rings. The van der Waals surface area contributed by atoms with E-state index in [1.165, 1.54) is 3.93 Å². The van der Waals surface area contributed by atoms with Crippen molar-refractivity contribution in [3.8, 4) is 0 Å². The normalized spacial score (nSPS) is 29.4. The smallest absolute Gasteiger partial charge is 0.271 e. The third kappa shape index (κ3) is 1.30. The zero-order valence-electron chi connectivity index (χ0n) is 7.54. The van der Waals surface area contributed by atoms with Crippen molar-refractivity contribution in [2.24, 2.45) is 5.92 Å². The van der Waals surface area contributed by atoms with Crippen molar-refractivity contribution in [2.45, 2.75) is 26.3 Å². The molecule has 4 nitrogen and oxygen atoms in total. The fourth-order valence-electron chi connectivity index (χ4n) is 1.12. The Balaban J connectivity index is 3.13. The van der Waals surface area contributed by atoms with Gasteiger partial charge in [-0.3, -0.25) is 4.79 Å². The van der Waals surface area contributed by atoms with E-state index in [-0.39, 0.29) is 17.9 Å². The molecule has 0 N–H and O–H groups in total. The molecular weight excluding hydrogens is 304 g/mol. The van der Waals surface area contributed by atoms with Crippen LogP contribution in [-0.4, -0.2) is 25.3 Å². The summed E-state index contributed by atoms with van der Waals surface area (Å²) < 4.78 is 2.23. The van der Waals surface area contributed by atoms with E-state index in [9.17, 15) is 9.59 Å². The first-order valence-corrected chi connectivity index (χ1v) is 5.25. The van der Waals surface area contributed by atoms with Crippen LogP contribution in [0.4, 0.5) is 4.79 Å². The highest BCUT2D eigenvalue weighted by atomic mass is 79.9. The van der Waals surface area contributed by atoms with Crippen molar-refractivity contribution in [1.82, 2.24) is 7.85 Å². The van der Waals surface area contributed by atoms with Gasteiger partial charge in [-0.25, -0.2) is 8.72 Å². The first-order valence-electron chi connectivity index (χ1n) is 3.83. The van der Waals surface area contributed by atoms with Gasteiger partial charge in [0.1, 0.15) is 5.54 Å². The number of nitrogens with zero attached hydrogens (tertiary/aromatic N) is 2. The van der Waals surface area contributed by atoms with E-state index in [4.69, 9.17) is 0 Å². The molecule has 13 heavy (non-hydrogen) atoms. The van der Waals surface area contributed by atoms with Crippen LogP contribution in [0.2, 0.25) is 0 Å². The lowest BCUT2D eigenvalue weighted by Crippen LogP contribution is -2.46. The van der Waals surface area contributed by atoms with Crippen LogP contribution < -0.4 is 0 Å². The predicted octanol–water partition coefficient (Wildman–Crippen LogP) is 2.29. The minimum absolute atomic E-state index is 0.0471. The molecule has 6 heteroatoms. The summed E-state index contributed by atoms with van der Waals surface area (Å²) in [6.07, 6.45) is 0. The van der Waals surface area contributed by atoms with E-state index in [0.717, 1.165) is 3.93 Å². The lowest BCUT2D eigenvalue weighted by molar-refractivity contribution is -0.129. The van der Waals surface area contributed by atoms with Crippen LogP contribution in [0.1, 0.15) is 20.8 Å². The van der Waals surface area contributed by atoms with Crippen molar-refractivity contribution in [2.75, 3.05) is 0 Å². The van der Waals surface area contributed by atoms with Crippen LogP contribution in [0, 0.1) is 5.92 Å². The van der Waals surface area contributed by atoms with Crippen LogP contribution in [0.5, 0.6) is 0 Å².